The molecule has 0 aromatic heterocycles. The molecule has 0 aliphatic rings. The van der Waals surface area contributed by atoms with E-state index in [9.17, 15) is 9.59 Å². The molecule has 18 heavy (non-hydrogen) atoms. The maximum Gasteiger partial charge on any atom is 0.314 e. The molecule has 0 radical (unpaired) electrons. The van der Waals surface area contributed by atoms with Crippen LogP contribution in [0, 0.1) is 10.8 Å². The van der Waals surface area contributed by atoms with Crippen LogP contribution in [0.3, 0.4) is 0 Å². The molecule has 0 atom stereocenters. The Labute approximate surface area is 110 Å². The van der Waals surface area contributed by atoms with Crippen LogP contribution < -0.4 is 0 Å². The maximum atomic E-state index is 11.4. The van der Waals surface area contributed by atoms with Gasteiger partial charge in [0.15, 0.2) is 0 Å². The van der Waals surface area contributed by atoms with Crippen LogP contribution >= 0.6 is 0 Å². The lowest BCUT2D eigenvalue weighted by molar-refractivity contribution is -0.173. The fourth-order valence-electron chi connectivity index (χ4n) is 1.20. The average molecular weight is 258 g/mol. The van der Waals surface area contributed by atoms with Crippen molar-refractivity contribution in [3.05, 3.63) is 0 Å². The largest absolute Gasteiger partial charge is 0.428 e. The summed E-state index contributed by atoms with van der Waals surface area (Å²) in [5.41, 5.74) is -0.350. The molecular weight excluding hydrogens is 232 g/mol. The van der Waals surface area contributed by atoms with Gasteiger partial charge in [0, 0.05) is 6.42 Å². The smallest absolute Gasteiger partial charge is 0.314 e. The number of esters is 2. The zero-order valence-electron chi connectivity index (χ0n) is 12.5. The third-order valence-corrected chi connectivity index (χ3v) is 2.33. The Balaban J connectivity index is 3.70. The summed E-state index contributed by atoms with van der Waals surface area (Å²) in [7, 11) is 0. The van der Waals surface area contributed by atoms with Crippen LogP contribution in [0.4, 0.5) is 0 Å². The Morgan fingerprint density at radius 1 is 0.944 bits per heavy atom. The highest BCUT2D eigenvalue weighted by atomic mass is 16.7. The van der Waals surface area contributed by atoms with Gasteiger partial charge in [0.05, 0.1) is 5.41 Å². The van der Waals surface area contributed by atoms with Crippen molar-refractivity contribution in [2.24, 2.45) is 10.8 Å². The Hall–Kier alpha value is -1.06. The van der Waals surface area contributed by atoms with Crippen molar-refractivity contribution in [2.75, 3.05) is 6.79 Å². The number of rotatable bonds is 5. The molecule has 0 aliphatic carbocycles. The first kappa shape index (κ1) is 16.9. The van der Waals surface area contributed by atoms with Gasteiger partial charge < -0.3 is 9.47 Å². The van der Waals surface area contributed by atoms with Crippen LogP contribution in [-0.4, -0.2) is 18.7 Å². The van der Waals surface area contributed by atoms with Crippen molar-refractivity contribution < 1.29 is 19.1 Å². The van der Waals surface area contributed by atoms with Gasteiger partial charge in [0.25, 0.3) is 0 Å². The van der Waals surface area contributed by atoms with E-state index in [-0.39, 0.29) is 24.1 Å². The van der Waals surface area contributed by atoms with Crippen molar-refractivity contribution in [1.82, 2.24) is 0 Å². The first-order valence-electron chi connectivity index (χ1n) is 6.35. The number of hydrogen-bond acceptors (Lipinski definition) is 4. The predicted octanol–water partition coefficient (Wildman–Crippen LogP) is 3.29. The standard InChI is InChI=1S/C14H26O4/c1-13(2,3)9-7-8-11(15)17-10-18-12(16)14(4,5)6/h7-10H2,1-6H3. The number of carbonyl (C=O) groups excluding carboxylic acids is 2. The number of carbonyl (C=O) groups is 2. The van der Waals surface area contributed by atoms with Crippen LogP contribution in [0.25, 0.3) is 0 Å². The minimum Gasteiger partial charge on any atom is -0.428 e. The van der Waals surface area contributed by atoms with Crippen LogP contribution in [0.5, 0.6) is 0 Å². The predicted molar refractivity (Wildman–Crippen MR) is 69.8 cm³/mol. The highest BCUT2D eigenvalue weighted by Crippen LogP contribution is 2.21. The molecule has 4 heteroatoms. The summed E-state index contributed by atoms with van der Waals surface area (Å²) in [6.45, 7) is 11.3. The van der Waals surface area contributed by atoms with E-state index < -0.39 is 5.41 Å². The van der Waals surface area contributed by atoms with Crippen molar-refractivity contribution in [2.45, 2.75) is 60.8 Å². The summed E-state index contributed by atoms with van der Waals surface area (Å²) in [6.07, 6.45) is 2.11. The maximum absolute atomic E-state index is 11.4. The van der Waals surface area contributed by atoms with Crippen molar-refractivity contribution in [3.63, 3.8) is 0 Å². The minimum absolute atomic E-state index is 0.221. The van der Waals surface area contributed by atoms with E-state index in [1.807, 2.05) is 0 Å². The summed E-state index contributed by atoms with van der Waals surface area (Å²) in [5.74, 6) is -0.689. The van der Waals surface area contributed by atoms with Crippen LogP contribution in [0.15, 0.2) is 0 Å². The highest BCUT2D eigenvalue weighted by Gasteiger charge is 2.23. The third-order valence-electron chi connectivity index (χ3n) is 2.33. The topological polar surface area (TPSA) is 52.6 Å². The van der Waals surface area contributed by atoms with Crippen molar-refractivity contribution in [1.29, 1.82) is 0 Å². The van der Waals surface area contributed by atoms with Gasteiger partial charge in [-0.2, -0.15) is 0 Å². The van der Waals surface area contributed by atoms with Crippen LogP contribution in [0.2, 0.25) is 0 Å². The van der Waals surface area contributed by atoms with E-state index in [1.165, 1.54) is 0 Å². The second-order valence-electron chi connectivity index (χ2n) is 6.73. The van der Waals surface area contributed by atoms with Crippen LogP contribution in [0.1, 0.15) is 60.8 Å². The van der Waals surface area contributed by atoms with Gasteiger partial charge in [0.1, 0.15) is 0 Å². The molecule has 0 bridgehead atoms. The summed E-state index contributed by atoms with van der Waals surface area (Å²) in [6, 6.07) is 0. The van der Waals surface area contributed by atoms with Gasteiger partial charge in [0.2, 0.25) is 6.79 Å². The summed E-state index contributed by atoms with van der Waals surface area (Å²) in [5, 5.41) is 0. The lowest BCUT2D eigenvalue weighted by atomic mass is 9.90. The molecule has 0 spiro atoms. The summed E-state index contributed by atoms with van der Waals surface area (Å²) < 4.78 is 9.68. The zero-order chi connectivity index (χ0) is 14.4. The van der Waals surface area contributed by atoms with E-state index in [0.717, 1.165) is 12.8 Å². The van der Waals surface area contributed by atoms with Gasteiger partial charge in [-0.3, -0.25) is 9.59 Å². The fraction of sp³-hybridized carbons (Fsp3) is 0.857. The molecule has 0 unspecified atom stereocenters. The fourth-order valence-corrected chi connectivity index (χ4v) is 1.20. The van der Waals surface area contributed by atoms with Crippen LogP contribution in [-0.2, 0) is 19.1 Å². The lowest BCUT2D eigenvalue weighted by Gasteiger charge is -2.18. The monoisotopic (exact) mass is 258 g/mol. The Morgan fingerprint density at radius 3 is 1.94 bits per heavy atom. The average Bonchev–Trinajstić information content (AvgIpc) is 2.13. The quantitative estimate of drug-likeness (QED) is 0.561. The molecule has 106 valence electrons. The molecule has 0 fully saturated rings. The van der Waals surface area contributed by atoms with Crippen molar-refractivity contribution >= 4 is 11.9 Å². The molecule has 4 nitrogen and oxygen atoms in total. The first-order valence-corrected chi connectivity index (χ1v) is 6.35. The second kappa shape index (κ2) is 6.76. The molecule has 0 aromatic carbocycles. The zero-order valence-corrected chi connectivity index (χ0v) is 12.5. The third kappa shape index (κ3) is 9.02. The molecule has 0 aliphatic heterocycles. The van der Waals surface area contributed by atoms with E-state index >= 15 is 0 Å². The Kier molecular flexibility index (Phi) is 6.36. The molecular formula is C14H26O4. The van der Waals surface area contributed by atoms with Gasteiger partial charge in [-0.15, -0.1) is 0 Å². The molecule has 0 saturated heterocycles. The molecule has 0 heterocycles. The van der Waals surface area contributed by atoms with Gasteiger partial charge in [-0.05, 0) is 39.0 Å². The van der Waals surface area contributed by atoms with E-state index in [0.29, 0.717) is 6.42 Å². The number of hydrogen-bond donors (Lipinski definition) is 0. The summed E-state index contributed by atoms with van der Waals surface area (Å²) in [4.78, 5) is 22.7. The molecule has 0 rings (SSSR count). The minimum atomic E-state index is -0.571. The Bertz CT molecular complexity index is 281. The highest BCUT2D eigenvalue weighted by molar-refractivity contribution is 5.75. The van der Waals surface area contributed by atoms with Gasteiger partial charge >= 0.3 is 11.9 Å². The number of ether oxygens (including phenoxy) is 2. The molecule has 0 saturated carbocycles. The lowest BCUT2D eigenvalue weighted by Crippen LogP contribution is -2.24. The van der Waals surface area contributed by atoms with Crippen molar-refractivity contribution in [3.8, 4) is 0 Å². The molecule has 0 N–H and O–H groups in total. The van der Waals surface area contributed by atoms with E-state index in [1.54, 1.807) is 20.8 Å². The normalized spacial score (nSPS) is 12.1. The summed E-state index contributed by atoms with van der Waals surface area (Å²) >= 11 is 0. The van der Waals surface area contributed by atoms with Gasteiger partial charge in [-0.1, -0.05) is 20.8 Å². The Morgan fingerprint density at radius 2 is 1.50 bits per heavy atom. The van der Waals surface area contributed by atoms with E-state index in [2.05, 4.69) is 20.8 Å². The van der Waals surface area contributed by atoms with Gasteiger partial charge in [-0.25, -0.2) is 0 Å². The van der Waals surface area contributed by atoms with E-state index in [4.69, 9.17) is 9.47 Å². The molecule has 0 amide bonds. The molecule has 0 aromatic rings. The first-order chi connectivity index (χ1) is 8.02. The SMILES string of the molecule is CC(C)(C)CCCC(=O)OCOC(=O)C(C)(C)C. The second-order valence-corrected chi connectivity index (χ2v) is 6.73.